The van der Waals surface area contributed by atoms with Crippen LogP contribution in [0.5, 0.6) is 0 Å². The molecule has 4 heteroatoms. The summed E-state index contributed by atoms with van der Waals surface area (Å²) >= 11 is 0. The minimum Gasteiger partial charge on any atom is -0.395 e. The first kappa shape index (κ1) is 20.9. The second-order valence-corrected chi connectivity index (χ2v) is 7.55. The molecule has 4 nitrogen and oxygen atoms in total. The Hall–Kier alpha value is -2.85. The van der Waals surface area contributed by atoms with Gasteiger partial charge in [-0.2, -0.15) is 0 Å². The van der Waals surface area contributed by atoms with Gasteiger partial charge >= 0.3 is 0 Å². The predicted molar refractivity (Wildman–Crippen MR) is 118 cm³/mol. The molecule has 0 spiro atoms. The van der Waals surface area contributed by atoms with E-state index in [0.29, 0.717) is 5.56 Å². The van der Waals surface area contributed by atoms with E-state index in [4.69, 9.17) is 5.11 Å². The SMILES string of the molecule is CCC1=CNC=C(C(c2cccc(C(=O)NCCO)c2)c2cccc(C)c2C)C1. The van der Waals surface area contributed by atoms with Crippen LogP contribution >= 0.6 is 0 Å². The van der Waals surface area contributed by atoms with Crippen LogP contribution in [0.2, 0.25) is 0 Å². The Bertz CT molecular complexity index is 944. The van der Waals surface area contributed by atoms with E-state index in [-0.39, 0.29) is 25.0 Å². The fourth-order valence-corrected chi connectivity index (χ4v) is 3.85. The van der Waals surface area contributed by atoms with Crippen LogP contribution in [0.4, 0.5) is 0 Å². The Morgan fingerprint density at radius 1 is 1.17 bits per heavy atom. The summed E-state index contributed by atoms with van der Waals surface area (Å²) in [5.74, 6) is -0.0891. The monoisotopic (exact) mass is 390 g/mol. The maximum atomic E-state index is 12.5. The number of hydrogen-bond donors (Lipinski definition) is 3. The van der Waals surface area contributed by atoms with Crippen molar-refractivity contribution in [3.63, 3.8) is 0 Å². The van der Waals surface area contributed by atoms with E-state index in [2.05, 4.69) is 68.1 Å². The molecule has 0 aliphatic carbocycles. The summed E-state index contributed by atoms with van der Waals surface area (Å²) in [6.07, 6.45) is 6.11. The Balaban J connectivity index is 2.06. The largest absolute Gasteiger partial charge is 0.395 e. The number of nitrogens with one attached hydrogen (secondary N) is 2. The molecule has 1 aliphatic heterocycles. The molecule has 0 saturated heterocycles. The lowest BCUT2D eigenvalue weighted by Gasteiger charge is -2.27. The van der Waals surface area contributed by atoms with Crippen LogP contribution in [0.25, 0.3) is 0 Å². The van der Waals surface area contributed by atoms with Gasteiger partial charge in [-0.25, -0.2) is 0 Å². The third-order valence-corrected chi connectivity index (χ3v) is 5.65. The predicted octanol–water partition coefficient (Wildman–Crippen LogP) is 4.33. The fourth-order valence-electron chi connectivity index (χ4n) is 3.85. The number of dihydropyridines is 1. The highest BCUT2D eigenvalue weighted by molar-refractivity contribution is 5.94. The van der Waals surface area contributed by atoms with Gasteiger partial charge in [-0.05, 0) is 72.8 Å². The number of aryl methyl sites for hydroxylation is 1. The maximum Gasteiger partial charge on any atom is 0.251 e. The molecule has 3 N–H and O–H groups in total. The molecule has 0 saturated carbocycles. The molecule has 0 aromatic heterocycles. The van der Waals surface area contributed by atoms with Crippen molar-refractivity contribution in [2.24, 2.45) is 0 Å². The van der Waals surface area contributed by atoms with Crippen molar-refractivity contribution in [1.29, 1.82) is 0 Å². The minimum absolute atomic E-state index is 0.0682. The van der Waals surface area contributed by atoms with Crippen molar-refractivity contribution in [3.8, 4) is 0 Å². The van der Waals surface area contributed by atoms with Gasteiger partial charge in [0.2, 0.25) is 0 Å². The van der Waals surface area contributed by atoms with Gasteiger partial charge in [0.15, 0.2) is 0 Å². The first-order valence-electron chi connectivity index (χ1n) is 10.2. The topological polar surface area (TPSA) is 61.4 Å². The summed E-state index contributed by atoms with van der Waals surface area (Å²) in [7, 11) is 0. The Morgan fingerprint density at radius 2 is 1.97 bits per heavy atom. The van der Waals surface area contributed by atoms with Crippen LogP contribution in [0, 0.1) is 13.8 Å². The van der Waals surface area contributed by atoms with Gasteiger partial charge in [0, 0.05) is 24.2 Å². The highest BCUT2D eigenvalue weighted by atomic mass is 16.3. The number of allylic oxidation sites excluding steroid dienone is 2. The van der Waals surface area contributed by atoms with Crippen LogP contribution in [0.3, 0.4) is 0 Å². The molecular formula is C25H30N2O2. The lowest BCUT2D eigenvalue weighted by molar-refractivity contribution is 0.0944. The molecule has 29 heavy (non-hydrogen) atoms. The Labute approximate surface area is 173 Å². The lowest BCUT2D eigenvalue weighted by Crippen LogP contribution is -2.26. The minimum atomic E-state index is -0.162. The summed E-state index contributed by atoms with van der Waals surface area (Å²) in [4.78, 5) is 12.5. The summed E-state index contributed by atoms with van der Waals surface area (Å²) in [6.45, 7) is 6.67. The van der Waals surface area contributed by atoms with Crippen LogP contribution in [0.1, 0.15) is 58.3 Å². The molecule has 2 aromatic rings. The zero-order valence-electron chi connectivity index (χ0n) is 17.5. The molecular weight excluding hydrogens is 360 g/mol. The van der Waals surface area contributed by atoms with E-state index in [1.165, 1.54) is 27.8 Å². The van der Waals surface area contributed by atoms with E-state index in [9.17, 15) is 4.79 Å². The fraction of sp³-hybridized carbons (Fsp3) is 0.320. The molecule has 1 heterocycles. The average Bonchev–Trinajstić information content (AvgIpc) is 2.75. The van der Waals surface area contributed by atoms with E-state index < -0.39 is 0 Å². The van der Waals surface area contributed by atoms with E-state index in [1.807, 2.05) is 18.2 Å². The Kier molecular flexibility index (Phi) is 6.89. The molecule has 0 fully saturated rings. The molecule has 0 radical (unpaired) electrons. The number of aliphatic hydroxyl groups excluding tert-OH is 1. The van der Waals surface area contributed by atoms with E-state index >= 15 is 0 Å². The zero-order chi connectivity index (χ0) is 20.8. The molecule has 0 bridgehead atoms. The van der Waals surface area contributed by atoms with Crippen molar-refractivity contribution >= 4 is 5.91 Å². The third-order valence-electron chi connectivity index (χ3n) is 5.65. The number of amides is 1. The highest BCUT2D eigenvalue weighted by Crippen LogP contribution is 2.38. The van der Waals surface area contributed by atoms with Crippen LogP contribution in [-0.4, -0.2) is 24.2 Å². The quantitative estimate of drug-likeness (QED) is 0.659. The normalized spacial score (nSPS) is 14.5. The standard InChI is InChI=1S/C25H30N2O2/c1-4-19-13-22(16-26-15-19)24(23-10-5-7-17(2)18(23)3)20-8-6-9-21(14-20)25(29)27-11-12-28/h5-10,14-16,24,26,28H,4,11-13H2,1-3H3,(H,27,29). The van der Waals surface area contributed by atoms with Crippen molar-refractivity contribution in [3.05, 3.63) is 93.8 Å². The third kappa shape index (κ3) is 4.77. The van der Waals surface area contributed by atoms with Gasteiger partial charge in [0.05, 0.1) is 6.61 Å². The second-order valence-electron chi connectivity index (χ2n) is 7.55. The molecule has 1 aliphatic rings. The number of rotatable bonds is 7. The first-order valence-corrected chi connectivity index (χ1v) is 10.2. The maximum absolute atomic E-state index is 12.5. The summed E-state index contributed by atoms with van der Waals surface area (Å²) in [6, 6.07) is 14.3. The molecule has 1 unspecified atom stereocenters. The molecule has 2 aromatic carbocycles. The van der Waals surface area contributed by atoms with Gasteiger partial charge in [0.25, 0.3) is 5.91 Å². The highest BCUT2D eigenvalue weighted by Gasteiger charge is 2.24. The van der Waals surface area contributed by atoms with Gasteiger partial charge in [0.1, 0.15) is 0 Å². The van der Waals surface area contributed by atoms with Crippen LogP contribution in [0.15, 0.2) is 66.0 Å². The van der Waals surface area contributed by atoms with Crippen molar-refractivity contribution in [1.82, 2.24) is 10.6 Å². The zero-order valence-corrected chi connectivity index (χ0v) is 17.5. The van der Waals surface area contributed by atoms with E-state index in [0.717, 1.165) is 18.4 Å². The number of aliphatic hydroxyl groups is 1. The van der Waals surface area contributed by atoms with Gasteiger partial charge in [-0.1, -0.05) is 42.8 Å². The van der Waals surface area contributed by atoms with E-state index in [1.54, 1.807) is 0 Å². The second kappa shape index (κ2) is 9.57. The van der Waals surface area contributed by atoms with Crippen LogP contribution in [-0.2, 0) is 0 Å². The average molecular weight is 391 g/mol. The summed E-state index contributed by atoms with van der Waals surface area (Å²) in [5.41, 5.74) is 8.19. The van der Waals surface area contributed by atoms with Crippen LogP contribution < -0.4 is 10.6 Å². The summed E-state index contributed by atoms with van der Waals surface area (Å²) in [5, 5.41) is 15.1. The lowest BCUT2D eigenvalue weighted by atomic mass is 9.79. The number of benzene rings is 2. The van der Waals surface area contributed by atoms with Crippen molar-refractivity contribution in [2.45, 2.75) is 39.5 Å². The van der Waals surface area contributed by atoms with Gasteiger partial charge in [-0.3, -0.25) is 4.79 Å². The number of carbonyl (C=O) groups excluding carboxylic acids is 1. The smallest absolute Gasteiger partial charge is 0.251 e. The molecule has 1 amide bonds. The molecule has 152 valence electrons. The van der Waals surface area contributed by atoms with Crippen molar-refractivity contribution < 1.29 is 9.90 Å². The van der Waals surface area contributed by atoms with Crippen molar-refractivity contribution in [2.75, 3.05) is 13.2 Å². The first-order chi connectivity index (χ1) is 14.0. The van der Waals surface area contributed by atoms with Gasteiger partial charge in [-0.15, -0.1) is 0 Å². The Morgan fingerprint density at radius 3 is 2.72 bits per heavy atom. The summed E-state index contributed by atoms with van der Waals surface area (Å²) < 4.78 is 0. The molecule has 1 atom stereocenters. The number of carbonyl (C=O) groups is 1. The number of hydrogen-bond acceptors (Lipinski definition) is 3. The molecule has 3 rings (SSSR count). The van der Waals surface area contributed by atoms with Gasteiger partial charge < -0.3 is 15.7 Å².